The fourth-order valence-electron chi connectivity index (χ4n) is 2.31. The van der Waals surface area contributed by atoms with Gasteiger partial charge in [-0.3, -0.25) is 0 Å². The molecular weight excluding hydrogens is 214 g/mol. The van der Waals surface area contributed by atoms with Crippen LogP contribution in [0.25, 0.3) is 0 Å². The Morgan fingerprint density at radius 3 is 2.41 bits per heavy atom. The molecular formula is C14H29NO2. The topological polar surface area (TPSA) is 30.5 Å². The quantitative estimate of drug-likeness (QED) is 0.499. The average Bonchev–Trinajstić information content (AvgIpc) is 2.61. The van der Waals surface area contributed by atoms with E-state index in [1.165, 1.54) is 51.4 Å². The Labute approximate surface area is 106 Å². The van der Waals surface area contributed by atoms with E-state index in [9.17, 15) is 0 Å². The van der Waals surface area contributed by atoms with E-state index < -0.39 is 0 Å². The Kier molecular flexibility index (Phi) is 9.66. The van der Waals surface area contributed by atoms with Crippen molar-refractivity contribution in [1.29, 1.82) is 0 Å². The molecule has 1 fully saturated rings. The van der Waals surface area contributed by atoms with Gasteiger partial charge in [0.15, 0.2) is 0 Å². The predicted molar refractivity (Wildman–Crippen MR) is 71.4 cm³/mol. The number of ether oxygens (including phenoxy) is 2. The van der Waals surface area contributed by atoms with Gasteiger partial charge in [0.25, 0.3) is 0 Å². The van der Waals surface area contributed by atoms with Gasteiger partial charge >= 0.3 is 0 Å². The van der Waals surface area contributed by atoms with E-state index in [1.807, 2.05) is 0 Å². The van der Waals surface area contributed by atoms with Crippen LogP contribution < -0.4 is 5.32 Å². The van der Waals surface area contributed by atoms with Crippen LogP contribution in [0.15, 0.2) is 0 Å². The highest BCUT2D eigenvalue weighted by Crippen LogP contribution is 2.19. The lowest BCUT2D eigenvalue weighted by Crippen LogP contribution is -2.21. The number of hydrogen-bond donors (Lipinski definition) is 1. The van der Waals surface area contributed by atoms with Crippen molar-refractivity contribution in [2.75, 3.05) is 33.4 Å². The monoisotopic (exact) mass is 243 g/mol. The van der Waals surface area contributed by atoms with Gasteiger partial charge in [-0.05, 0) is 32.2 Å². The van der Waals surface area contributed by atoms with Gasteiger partial charge < -0.3 is 14.8 Å². The Morgan fingerprint density at radius 2 is 1.71 bits per heavy atom. The predicted octanol–water partition coefficient (Wildman–Crippen LogP) is 2.74. The molecule has 0 spiro atoms. The highest BCUT2D eigenvalue weighted by Gasteiger charge is 2.11. The summed E-state index contributed by atoms with van der Waals surface area (Å²) in [7, 11) is 1.74. The molecule has 1 aliphatic rings. The van der Waals surface area contributed by atoms with Crippen molar-refractivity contribution in [2.45, 2.75) is 57.5 Å². The first-order valence-corrected chi connectivity index (χ1v) is 7.24. The Morgan fingerprint density at radius 1 is 0.941 bits per heavy atom. The molecule has 0 bridgehead atoms. The summed E-state index contributed by atoms with van der Waals surface area (Å²) in [4.78, 5) is 0. The van der Waals surface area contributed by atoms with Crippen LogP contribution in [-0.4, -0.2) is 39.5 Å². The lowest BCUT2D eigenvalue weighted by atomic mass is 10.1. The van der Waals surface area contributed by atoms with E-state index >= 15 is 0 Å². The first-order valence-electron chi connectivity index (χ1n) is 7.24. The van der Waals surface area contributed by atoms with E-state index in [1.54, 1.807) is 7.11 Å². The van der Waals surface area contributed by atoms with Crippen molar-refractivity contribution in [1.82, 2.24) is 5.32 Å². The van der Waals surface area contributed by atoms with Crippen molar-refractivity contribution in [3.63, 3.8) is 0 Å². The number of nitrogens with one attached hydrogen (secondary N) is 1. The largest absolute Gasteiger partial charge is 0.383 e. The fraction of sp³-hybridized carbons (Fsp3) is 1.00. The second-order valence-electron chi connectivity index (χ2n) is 4.93. The second kappa shape index (κ2) is 11.0. The van der Waals surface area contributed by atoms with Crippen LogP contribution in [0.1, 0.15) is 51.4 Å². The van der Waals surface area contributed by atoms with Crippen LogP contribution in [0, 0.1) is 0 Å². The zero-order valence-electron chi connectivity index (χ0n) is 11.4. The molecule has 0 saturated heterocycles. The van der Waals surface area contributed by atoms with E-state index in [0.717, 1.165) is 26.3 Å². The van der Waals surface area contributed by atoms with Crippen molar-refractivity contribution in [3.8, 4) is 0 Å². The fourth-order valence-corrected chi connectivity index (χ4v) is 2.31. The third-order valence-electron chi connectivity index (χ3n) is 3.39. The molecule has 0 radical (unpaired) electrons. The molecule has 0 heterocycles. The summed E-state index contributed by atoms with van der Waals surface area (Å²) in [6, 6.07) is 0. The maximum Gasteiger partial charge on any atom is 0.0587 e. The Bertz CT molecular complexity index is 156. The van der Waals surface area contributed by atoms with Crippen LogP contribution in [0.5, 0.6) is 0 Å². The van der Waals surface area contributed by atoms with E-state index in [-0.39, 0.29) is 0 Å². The Balaban J connectivity index is 1.82. The van der Waals surface area contributed by atoms with Crippen LogP contribution >= 0.6 is 0 Å². The van der Waals surface area contributed by atoms with Crippen LogP contribution in [0.2, 0.25) is 0 Å². The van der Waals surface area contributed by atoms with Gasteiger partial charge in [0.2, 0.25) is 0 Å². The van der Waals surface area contributed by atoms with Gasteiger partial charge in [0.1, 0.15) is 0 Å². The third-order valence-corrected chi connectivity index (χ3v) is 3.39. The molecule has 0 aromatic carbocycles. The number of methoxy groups -OCH3 is 1. The van der Waals surface area contributed by atoms with Gasteiger partial charge in [-0.1, -0.05) is 25.7 Å². The first kappa shape index (κ1) is 14.9. The van der Waals surface area contributed by atoms with E-state index in [4.69, 9.17) is 9.47 Å². The van der Waals surface area contributed by atoms with Crippen molar-refractivity contribution in [3.05, 3.63) is 0 Å². The number of unbranched alkanes of at least 4 members (excludes halogenated alkanes) is 1. The molecule has 102 valence electrons. The lowest BCUT2D eigenvalue weighted by molar-refractivity contribution is 0.0410. The average molecular weight is 243 g/mol. The maximum absolute atomic E-state index is 5.94. The molecule has 1 rings (SSSR count). The minimum Gasteiger partial charge on any atom is -0.383 e. The van der Waals surface area contributed by atoms with Crippen LogP contribution in [0.3, 0.4) is 0 Å². The normalized spacial score (nSPS) is 18.2. The van der Waals surface area contributed by atoms with Crippen LogP contribution in [0.4, 0.5) is 0 Å². The van der Waals surface area contributed by atoms with Gasteiger partial charge in [-0.25, -0.2) is 0 Å². The van der Waals surface area contributed by atoms with Gasteiger partial charge in [-0.2, -0.15) is 0 Å². The zero-order chi connectivity index (χ0) is 12.2. The first-order chi connectivity index (χ1) is 8.43. The summed E-state index contributed by atoms with van der Waals surface area (Å²) in [5.41, 5.74) is 0. The highest BCUT2D eigenvalue weighted by molar-refractivity contribution is 4.63. The van der Waals surface area contributed by atoms with E-state index in [2.05, 4.69) is 5.32 Å². The van der Waals surface area contributed by atoms with Gasteiger partial charge in [-0.15, -0.1) is 0 Å². The summed E-state index contributed by atoms with van der Waals surface area (Å²) in [5, 5.41) is 3.35. The molecule has 1 aliphatic carbocycles. The van der Waals surface area contributed by atoms with E-state index in [0.29, 0.717) is 6.10 Å². The Hall–Kier alpha value is -0.120. The molecule has 3 nitrogen and oxygen atoms in total. The van der Waals surface area contributed by atoms with Gasteiger partial charge in [0.05, 0.1) is 12.7 Å². The molecule has 0 aliphatic heterocycles. The standard InChI is InChI=1S/C14H29NO2/c1-16-13-11-15-10-6-7-12-17-14-8-4-2-3-5-9-14/h14-15H,2-13H2,1H3. The van der Waals surface area contributed by atoms with Gasteiger partial charge in [0, 0.05) is 20.3 Å². The highest BCUT2D eigenvalue weighted by atomic mass is 16.5. The third kappa shape index (κ3) is 8.58. The summed E-state index contributed by atoms with van der Waals surface area (Å²) >= 11 is 0. The molecule has 17 heavy (non-hydrogen) atoms. The smallest absolute Gasteiger partial charge is 0.0587 e. The lowest BCUT2D eigenvalue weighted by Gasteiger charge is -2.15. The second-order valence-corrected chi connectivity index (χ2v) is 4.93. The molecule has 0 aromatic rings. The summed E-state index contributed by atoms with van der Waals surface area (Å²) in [6.07, 6.45) is 11.0. The summed E-state index contributed by atoms with van der Waals surface area (Å²) in [6.45, 7) is 3.78. The number of rotatable bonds is 9. The van der Waals surface area contributed by atoms with Crippen molar-refractivity contribution >= 4 is 0 Å². The maximum atomic E-state index is 5.94. The summed E-state index contributed by atoms with van der Waals surface area (Å²) < 4.78 is 10.9. The molecule has 0 amide bonds. The van der Waals surface area contributed by atoms with Crippen molar-refractivity contribution < 1.29 is 9.47 Å². The molecule has 1 saturated carbocycles. The minimum absolute atomic E-state index is 0.555. The molecule has 3 heteroatoms. The minimum atomic E-state index is 0.555. The SMILES string of the molecule is COCCNCCCCOC1CCCCCC1. The molecule has 0 atom stereocenters. The molecule has 0 unspecified atom stereocenters. The van der Waals surface area contributed by atoms with Crippen LogP contribution in [-0.2, 0) is 9.47 Å². The molecule has 0 aromatic heterocycles. The number of hydrogen-bond acceptors (Lipinski definition) is 3. The zero-order valence-corrected chi connectivity index (χ0v) is 11.4. The molecule has 1 N–H and O–H groups in total. The van der Waals surface area contributed by atoms with Crippen molar-refractivity contribution in [2.24, 2.45) is 0 Å². The summed E-state index contributed by atoms with van der Waals surface area (Å²) in [5.74, 6) is 0.